The SMILES string of the molecule is CCc1ccc(C2CC(C)n3ncc(C(=O)NCc4ccc(OC)cc4)c3N2)cc1. The summed E-state index contributed by atoms with van der Waals surface area (Å²) in [7, 11) is 1.64. The van der Waals surface area contributed by atoms with Crippen molar-refractivity contribution in [3.8, 4) is 5.75 Å². The first-order chi connectivity index (χ1) is 14.6. The van der Waals surface area contributed by atoms with Gasteiger partial charge in [-0.3, -0.25) is 4.79 Å². The minimum Gasteiger partial charge on any atom is -0.497 e. The van der Waals surface area contributed by atoms with Gasteiger partial charge in [-0.1, -0.05) is 43.3 Å². The van der Waals surface area contributed by atoms with Gasteiger partial charge in [0, 0.05) is 6.54 Å². The van der Waals surface area contributed by atoms with E-state index in [0.29, 0.717) is 12.1 Å². The first kappa shape index (κ1) is 20.0. The van der Waals surface area contributed by atoms with E-state index < -0.39 is 0 Å². The van der Waals surface area contributed by atoms with Crippen LogP contribution in [0, 0.1) is 0 Å². The molecule has 156 valence electrons. The van der Waals surface area contributed by atoms with Gasteiger partial charge in [0.25, 0.3) is 5.91 Å². The molecule has 2 atom stereocenters. The van der Waals surface area contributed by atoms with E-state index in [1.807, 2.05) is 28.9 Å². The molecule has 2 unspecified atom stereocenters. The molecule has 0 saturated carbocycles. The van der Waals surface area contributed by atoms with Crippen molar-refractivity contribution in [1.29, 1.82) is 0 Å². The molecule has 0 fully saturated rings. The van der Waals surface area contributed by atoms with Crippen LogP contribution in [0.5, 0.6) is 5.75 Å². The third-order valence-corrected chi connectivity index (χ3v) is 5.75. The van der Waals surface area contributed by atoms with Crippen molar-refractivity contribution in [1.82, 2.24) is 15.1 Å². The normalized spacial score (nSPS) is 17.7. The zero-order valence-corrected chi connectivity index (χ0v) is 17.7. The van der Waals surface area contributed by atoms with Crippen molar-refractivity contribution < 1.29 is 9.53 Å². The largest absolute Gasteiger partial charge is 0.497 e. The number of benzene rings is 2. The van der Waals surface area contributed by atoms with Crippen LogP contribution in [0.4, 0.5) is 5.82 Å². The number of nitrogens with one attached hydrogen (secondary N) is 2. The Hall–Kier alpha value is -3.28. The first-order valence-corrected chi connectivity index (χ1v) is 10.4. The number of amides is 1. The Morgan fingerprint density at radius 3 is 2.53 bits per heavy atom. The summed E-state index contributed by atoms with van der Waals surface area (Å²) >= 11 is 0. The highest BCUT2D eigenvalue weighted by molar-refractivity contribution is 5.98. The zero-order chi connectivity index (χ0) is 21.1. The van der Waals surface area contributed by atoms with Gasteiger partial charge in [0.2, 0.25) is 0 Å². The number of ether oxygens (including phenoxy) is 1. The van der Waals surface area contributed by atoms with Gasteiger partial charge in [-0.2, -0.15) is 5.10 Å². The Bertz CT molecular complexity index is 1010. The maximum absolute atomic E-state index is 12.9. The number of anilines is 1. The van der Waals surface area contributed by atoms with Crippen molar-refractivity contribution >= 4 is 11.7 Å². The van der Waals surface area contributed by atoms with Crippen LogP contribution in [-0.4, -0.2) is 22.8 Å². The van der Waals surface area contributed by atoms with E-state index in [1.54, 1.807) is 13.3 Å². The molecule has 0 aliphatic carbocycles. The maximum Gasteiger partial charge on any atom is 0.256 e. The molecule has 2 N–H and O–H groups in total. The lowest BCUT2D eigenvalue weighted by atomic mass is 9.96. The molecule has 2 heterocycles. The monoisotopic (exact) mass is 404 g/mol. The highest BCUT2D eigenvalue weighted by Crippen LogP contribution is 2.36. The van der Waals surface area contributed by atoms with E-state index in [2.05, 4.69) is 53.8 Å². The van der Waals surface area contributed by atoms with Crippen molar-refractivity contribution in [3.05, 3.63) is 77.0 Å². The molecule has 0 spiro atoms. The fraction of sp³-hybridized carbons (Fsp3) is 0.333. The standard InChI is InChI=1S/C24H28N4O2/c1-4-17-5-9-19(10-6-17)22-13-16(2)28-23(27-22)21(15-26-28)24(29)25-14-18-7-11-20(30-3)12-8-18/h5-12,15-16,22,27H,4,13-14H2,1-3H3,(H,25,29). The van der Waals surface area contributed by atoms with Gasteiger partial charge in [0.05, 0.1) is 25.4 Å². The Morgan fingerprint density at radius 1 is 1.17 bits per heavy atom. The van der Waals surface area contributed by atoms with Gasteiger partial charge in [0.1, 0.15) is 17.1 Å². The number of carbonyl (C=O) groups is 1. The number of rotatable bonds is 6. The molecule has 0 bridgehead atoms. The average molecular weight is 405 g/mol. The van der Waals surface area contributed by atoms with E-state index in [0.717, 1.165) is 30.0 Å². The molecule has 1 aromatic heterocycles. The van der Waals surface area contributed by atoms with Crippen molar-refractivity contribution in [2.45, 2.75) is 45.3 Å². The summed E-state index contributed by atoms with van der Waals surface area (Å²) in [6.45, 7) is 4.75. The van der Waals surface area contributed by atoms with Crippen LogP contribution < -0.4 is 15.4 Å². The number of aromatic nitrogens is 2. The summed E-state index contributed by atoms with van der Waals surface area (Å²) in [5.41, 5.74) is 4.15. The Labute approximate surface area is 177 Å². The van der Waals surface area contributed by atoms with Crippen LogP contribution in [0.1, 0.15) is 59.4 Å². The van der Waals surface area contributed by atoms with Crippen LogP contribution in [0.25, 0.3) is 0 Å². The zero-order valence-electron chi connectivity index (χ0n) is 17.7. The summed E-state index contributed by atoms with van der Waals surface area (Å²) < 4.78 is 7.09. The molecule has 3 aromatic rings. The topological polar surface area (TPSA) is 68.2 Å². The molecular weight excluding hydrogens is 376 g/mol. The summed E-state index contributed by atoms with van der Waals surface area (Å²) in [5.74, 6) is 1.45. The Kier molecular flexibility index (Phi) is 5.74. The first-order valence-electron chi connectivity index (χ1n) is 10.4. The van der Waals surface area contributed by atoms with E-state index in [-0.39, 0.29) is 18.0 Å². The third kappa shape index (κ3) is 4.03. The number of nitrogens with zero attached hydrogens (tertiary/aromatic N) is 2. The molecule has 6 heteroatoms. The van der Waals surface area contributed by atoms with E-state index >= 15 is 0 Å². The third-order valence-electron chi connectivity index (χ3n) is 5.75. The number of aryl methyl sites for hydroxylation is 1. The number of methoxy groups -OCH3 is 1. The van der Waals surface area contributed by atoms with Gasteiger partial charge in [0.15, 0.2) is 0 Å². The van der Waals surface area contributed by atoms with Gasteiger partial charge in [-0.15, -0.1) is 0 Å². The molecule has 4 rings (SSSR count). The van der Waals surface area contributed by atoms with E-state index in [1.165, 1.54) is 11.1 Å². The molecule has 1 amide bonds. The Balaban J connectivity index is 1.49. The number of carbonyl (C=O) groups excluding carboxylic acids is 1. The number of hydrogen-bond donors (Lipinski definition) is 2. The smallest absolute Gasteiger partial charge is 0.256 e. The quantitative estimate of drug-likeness (QED) is 0.635. The van der Waals surface area contributed by atoms with Crippen LogP contribution in [0.3, 0.4) is 0 Å². The van der Waals surface area contributed by atoms with E-state index in [9.17, 15) is 4.79 Å². The second-order valence-electron chi connectivity index (χ2n) is 7.76. The lowest BCUT2D eigenvalue weighted by molar-refractivity contribution is 0.0951. The fourth-order valence-electron chi connectivity index (χ4n) is 3.90. The molecule has 1 aliphatic rings. The summed E-state index contributed by atoms with van der Waals surface area (Å²) in [4.78, 5) is 12.9. The molecular formula is C24H28N4O2. The second kappa shape index (κ2) is 8.61. The number of hydrogen-bond acceptors (Lipinski definition) is 4. The van der Waals surface area contributed by atoms with Gasteiger partial charge in [-0.05, 0) is 48.6 Å². The Morgan fingerprint density at radius 2 is 1.87 bits per heavy atom. The minimum absolute atomic E-state index is 0.131. The average Bonchev–Trinajstić information content (AvgIpc) is 3.22. The fourth-order valence-corrected chi connectivity index (χ4v) is 3.90. The van der Waals surface area contributed by atoms with Gasteiger partial charge < -0.3 is 15.4 Å². The van der Waals surface area contributed by atoms with Crippen LogP contribution in [0.15, 0.2) is 54.7 Å². The highest BCUT2D eigenvalue weighted by Gasteiger charge is 2.29. The summed E-state index contributed by atoms with van der Waals surface area (Å²) in [5, 5.41) is 11.0. The molecule has 6 nitrogen and oxygen atoms in total. The van der Waals surface area contributed by atoms with Crippen molar-refractivity contribution in [2.24, 2.45) is 0 Å². The molecule has 0 radical (unpaired) electrons. The lowest BCUT2D eigenvalue weighted by Gasteiger charge is -2.31. The maximum atomic E-state index is 12.9. The van der Waals surface area contributed by atoms with Crippen molar-refractivity contribution in [3.63, 3.8) is 0 Å². The molecule has 2 aromatic carbocycles. The summed E-state index contributed by atoms with van der Waals surface area (Å²) in [6, 6.07) is 16.8. The number of fused-ring (bicyclic) bond motifs is 1. The second-order valence-corrected chi connectivity index (χ2v) is 7.76. The molecule has 1 aliphatic heterocycles. The van der Waals surface area contributed by atoms with Gasteiger partial charge in [-0.25, -0.2) is 4.68 Å². The van der Waals surface area contributed by atoms with Crippen LogP contribution >= 0.6 is 0 Å². The van der Waals surface area contributed by atoms with Crippen molar-refractivity contribution in [2.75, 3.05) is 12.4 Å². The highest BCUT2D eigenvalue weighted by atomic mass is 16.5. The predicted molar refractivity (Wildman–Crippen MR) is 118 cm³/mol. The lowest BCUT2D eigenvalue weighted by Crippen LogP contribution is -2.28. The molecule has 0 saturated heterocycles. The molecule has 30 heavy (non-hydrogen) atoms. The minimum atomic E-state index is -0.131. The van der Waals surface area contributed by atoms with Crippen LogP contribution in [0.2, 0.25) is 0 Å². The summed E-state index contributed by atoms with van der Waals surface area (Å²) in [6.07, 6.45) is 3.61. The van der Waals surface area contributed by atoms with Gasteiger partial charge >= 0.3 is 0 Å². The predicted octanol–water partition coefficient (Wildman–Crippen LogP) is 4.50. The van der Waals surface area contributed by atoms with E-state index in [4.69, 9.17) is 4.74 Å². The van der Waals surface area contributed by atoms with Crippen LogP contribution in [-0.2, 0) is 13.0 Å².